The first-order valence-corrected chi connectivity index (χ1v) is 7.04. The number of fused-ring (bicyclic) bond motifs is 1. The van der Waals surface area contributed by atoms with Gasteiger partial charge >= 0.3 is 5.97 Å². The van der Waals surface area contributed by atoms with Gasteiger partial charge in [-0.15, -0.1) is 0 Å². The van der Waals surface area contributed by atoms with Crippen LogP contribution in [0.1, 0.15) is 32.8 Å². The number of benzene rings is 1. The van der Waals surface area contributed by atoms with Crippen molar-refractivity contribution in [3.63, 3.8) is 0 Å². The van der Waals surface area contributed by atoms with Crippen LogP contribution in [0.2, 0.25) is 0 Å². The molecule has 0 amide bonds. The molecule has 2 rings (SSSR count). The van der Waals surface area contributed by atoms with Gasteiger partial charge in [0.15, 0.2) is 11.5 Å². The van der Waals surface area contributed by atoms with Crippen molar-refractivity contribution in [1.29, 1.82) is 0 Å². The highest BCUT2D eigenvalue weighted by atomic mass is 16.6. The van der Waals surface area contributed by atoms with Crippen LogP contribution in [0.15, 0.2) is 18.2 Å². The van der Waals surface area contributed by atoms with E-state index >= 15 is 0 Å². The van der Waals surface area contributed by atoms with E-state index in [2.05, 4.69) is 0 Å². The van der Waals surface area contributed by atoms with Gasteiger partial charge in [-0.1, -0.05) is 13.0 Å². The minimum Gasteiger partial charge on any atom is -0.486 e. The second-order valence-electron chi connectivity index (χ2n) is 6.17. The maximum Gasteiger partial charge on any atom is 0.306 e. The average Bonchev–Trinajstić information content (AvgIpc) is 2.45. The van der Waals surface area contributed by atoms with Crippen LogP contribution < -0.4 is 15.2 Å². The molecule has 1 unspecified atom stereocenters. The molecule has 0 radical (unpaired) electrons. The molecule has 1 atom stereocenters. The summed E-state index contributed by atoms with van der Waals surface area (Å²) < 4.78 is 16.0. The van der Waals surface area contributed by atoms with Crippen LogP contribution in [0.5, 0.6) is 11.5 Å². The maximum atomic E-state index is 11.8. The highest BCUT2D eigenvalue weighted by Gasteiger charge is 2.42. The van der Waals surface area contributed by atoms with Crippen LogP contribution in [0, 0.1) is 0 Å². The molecule has 1 aromatic carbocycles. The second kappa shape index (κ2) is 5.56. The molecule has 5 nitrogen and oxygen atoms in total. The second-order valence-corrected chi connectivity index (χ2v) is 6.17. The summed E-state index contributed by atoms with van der Waals surface area (Å²) in [6, 6.07) is 5.71. The lowest BCUT2D eigenvalue weighted by molar-refractivity contribution is -0.142. The number of hydrogen-bond donors (Lipinski definition) is 1. The molecule has 0 aliphatic carbocycles. The summed E-state index contributed by atoms with van der Waals surface area (Å²) in [6.07, 6.45) is 0.201. The van der Waals surface area contributed by atoms with Gasteiger partial charge in [0.25, 0.3) is 0 Å². The van der Waals surface area contributed by atoms with E-state index in [-0.39, 0.29) is 12.4 Å². The van der Waals surface area contributed by atoms with Crippen LogP contribution in [0.4, 0.5) is 0 Å². The number of carbonyl (C=O) groups excluding carboxylic acids is 1. The van der Waals surface area contributed by atoms with Crippen LogP contribution in [-0.4, -0.2) is 31.8 Å². The van der Waals surface area contributed by atoms with Gasteiger partial charge in [-0.2, -0.15) is 0 Å². The van der Waals surface area contributed by atoms with Crippen LogP contribution in [0.3, 0.4) is 0 Å². The molecule has 0 fully saturated rings. The Morgan fingerprint density at radius 1 is 1.24 bits per heavy atom. The van der Waals surface area contributed by atoms with Crippen molar-refractivity contribution in [1.82, 2.24) is 0 Å². The minimum absolute atomic E-state index is 0.201. The third kappa shape index (κ3) is 2.97. The predicted molar refractivity (Wildman–Crippen MR) is 79.7 cm³/mol. The molecule has 0 spiro atoms. The van der Waals surface area contributed by atoms with Gasteiger partial charge in [0.05, 0.1) is 13.5 Å². The van der Waals surface area contributed by atoms with Crippen LogP contribution in [-0.2, 0) is 14.9 Å². The van der Waals surface area contributed by atoms with E-state index in [4.69, 9.17) is 19.9 Å². The van der Waals surface area contributed by atoms with Gasteiger partial charge in [0.1, 0.15) is 13.2 Å². The molecule has 1 heterocycles. The van der Waals surface area contributed by atoms with Gasteiger partial charge in [-0.3, -0.25) is 4.79 Å². The Morgan fingerprint density at radius 2 is 1.86 bits per heavy atom. The first-order valence-electron chi connectivity index (χ1n) is 7.04. The van der Waals surface area contributed by atoms with Gasteiger partial charge in [-0.05, 0) is 31.5 Å². The number of carbonyl (C=O) groups is 1. The molecule has 21 heavy (non-hydrogen) atoms. The molecule has 1 aromatic rings. The topological polar surface area (TPSA) is 70.8 Å². The summed E-state index contributed by atoms with van der Waals surface area (Å²) in [4.78, 5) is 11.8. The third-order valence-electron chi connectivity index (χ3n) is 4.33. The number of hydrogen-bond acceptors (Lipinski definition) is 5. The Bertz CT molecular complexity index is 536. The van der Waals surface area contributed by atoms with Crippen molar-refractivity contribution >= 4 is 5.97 Å². The lowest BCUT2D eigenvalue weighted by Crippen LogP contribution is -2.53. The summed E-state index contributed by atoms with van der Waals surface area (Å²) in [5.74, 6) is 1.13. The highest BCUT2D eigenvalue weighted by molar-refractivity contribution is 5.72. The fourth-order valence-electron chi connectivity index (χ4n) is 2.45. The standard InChI is InChI=1S/C16H23NO4/c1-15(2,17)16(3,10-14(18)19-4)11-5-6-12-13(9-11)21-8-7-20-12/h5-6,9H,7-8,10,17H2,1-4H3. The molecule has 1 aliphatic rings. The van der Waals surface area contributed by atoms with Crippen LogP contribution in [0.25, 0.3) is 0 Å². The zero-order valence-corrected chi connectivity index (χ0v) is 13.1. The largest absolute Gasteiger partial charge is 0.486 e. The summed E-state index contributed by atoms with van der Waals surface area (Å²) in [6.45, 7) is 6.86. The van der Waals surface area contributed by atoms with E-state index in [1.165, 1.54) is 7.11 Å². The quantitative estimate of drug-likeness (QED) is 0.860. The summed E-state index contributed by atoms with van der Waals surface area (Å²) >= 11 is 0. The Kier molecular flexibility index (Phi) is 4.14. The molecular weight excluding hydrogens is 270 g/mol. The zero-order valence-electron chi connectivity index (χ0n) is 13.1. The molecule has 1 aliphatic heterocycles. The van der Waals surface area contributed by atoms with E-state index < -0.39 is 11.0 Å². The Balaban J connectivity index is 2.44. The van der Waals surface area contributed by atoms with Gasteiger partial charge < -0.3 is 19.9 Å². The summed E-state index contributed by atoms with van der Waals surface area (Å²) in [5.41, 5.74) is 6.10. The van der Waals surface area contributed by atoms with Crippen molar-refractivity contribution in [3.05, 3.63) is 23.8 Å². The Morgan fingerprint density at radius 3 is 2.43 bits per heavy atom. The highest BCUT2D eigenvalue weighted by Crippen LogP contribution is 2.41. The number of nitrogens with two attached hydrogens (primary N) is 1. The van der Waals surface area contributed by atoms with Crippen LogP contribution >= 0.6 is 0 Å². The van der Waals surface area contributed by atoms with E-state index in [0.717, 1.165) is 11.3 Å². The number of esters is 1. The van der Waals surface area contributed by atoms with Crippen molar-refractivity contribution < 1.29 is 19.0 Å². The minimum atomic E-state index is -0.606. The lowest BCUT2D eigenvalue weighted by Gasteiger charge is -2.42. The summed E-state index contributed by atoms with van der Waals surface area (Å²) in [5, 5.41) is 0. The average molecular weight is 293 g/mol. The Hall–Kier alpha value is -1.75. The fourth-order valence-corrected chi connectivity index (χ4v) is 2.45. The molecule has 116 valence electrons. The number of ether oxygens (including phenoxy) is 3. The van der Waals surface area contributed by atoms with Crippen molar-refractivity contribution in [2.45, 2.75) is 38.1 Å². The van der Waals surface area contributed by atoms with Gasteiger partial charge in [0.2, 0.25) is 0 Å². The predicted octanol–water partition coefficient (Wildman–Crippen LogP) is 2.02. The normalized spacial score (nSPS) is 17.0. The third-order valence-corrected chi connectivity index (χ3v) is 4.33. The van der Waals surface area contributed by atoms with Crippen molar-refractivity contribution in [3.8, 4) is 11.5 Å². The lowest BCUT2D eigenvalue weighted by atomic mass is 9.66. The smallest absolute Gasteiger partial charge is 0.306 e. The van der Waals surface area contributed by atoms with Gasteiger partial charge in [0, 0.05) is 11.0 Å². The molecule has 2 N–H and O–H groups in total. The molecule has 0 aromatic heterocycles. The maximum absolute atomic E-state index is 11.8. The SMILES string of the molecule is COC(=O)CC(C)(c1ccc2c(c1)OCCO2)C(C)(C)N. The van der Waals surface area contributed by atoms with Crippen molar-refractivity contribution in [2.24, 2.45) is 5.73 Å². The monoisotopic (exact) mass is 293 g/mol. The number of methoxy groups -OCH3 is 1. The molecule has 0 saturated carbocycles. The van der Waals surface area contributed by atoms with Crippen molar-refractivity contribution in [2.75, 3.05) is 20.3 Å². The molecule has 5 heteroatoms. The summed E-state index contributed by atoms with van der Waals surface area (Å²) in [7, 11) is 1.39. The molecule has 0 bridgehead atoms. The first-order chi connectivity index (χ1) is 9.78. The number of rotatable bonds is 4. The zero-order chi connectivity index (χ0) is 15.7. The van der Waals surface area contributed by atoms with E-state index in [1.54, 1.807) is 0 Å². The molecule has 0 saturated heterocycles. The van der Waals surface area contributed by atoms with E-state index in [1.807, 2.05) is 39.0 Å². The molecular formula is C16H23NO4. The van der Waals surface area contributed by atoms with Gasteiger partial charge in [-0.25, -0.2) is 0 Å². The fraction of sp³-hybridized carbons (Fsp3) is 0.562. The van der Waals surface area contributed by atoms with E-state index in [0.29, 0.717) is 19.0 Å². The Labute approximate surface area is 125 Å². The van der Waals surface area contributed by atoms with E-state index in [9.17, 15) is 4.79 Å². The first kappa shape index (κ1) is 15.6.